The van der Waals surface area contributed by atoms with Crippen molar-refractivity contribution >= 4 is 34.4 Å². The standard InChI is InChI=1S/C14H16ClN3S/c1-14(2,19-3)9-18-12-6-10(8-16)4-5-11(12)17-13(18)7-15/h4-6H,7,9H2,1-3H3. The summed E-state index contributed by atoms with van der Waals surface area (Å²) in [5.41, 5.74) is 2.53. The third kappa shape index (κ3) is 2.88. The van der Waals surface area contributed by atoms with Crippen LogP contribution in [-0.4, -0.2) is 20.6 Å². The number of nitriles is 1. The van der Waals surface area contributed by atoms with Crippen LogP contribution in [0.15, 0.2) is 18.2 Å². The van der Waals surface area contributed by atoms with Gasteiger partial charge in [0.15, 0.2) is 0 Å². The highest BCUT2D eigenvalue weighted by Crippen LogP contribution is 2.27. The molecule has 2 rings (SSSR count). The molecule has 0 amide bonds. The summed E-state index contributed by atoms with van der Waals surface area (Å²) in [6, 6.07) is 7.73. The lowest BCUT2D eigenvalue weighted by Gasteiger charge is -2.24. The average Bonchev–Trinajstić information content (AvgIpc) is 2.75. The van der Waals surface area contributed by atoms with Crippen LogP contribution >= 0.6 is 23.4 Å². The monoisotopic (exact) mass is 293 g/mol. The maximum Gasteiger partial charge on any atom is 0.124 e. The number of fused-ring (bicyclic) bond motifs is 1. The summed E-state index contributed by atoms with van der Waals surface area (Å²) in [7, 11) is 0. The van der Waals surface area contributed by atoms with Gasteiger partial charge in [-0.15, -0.1) is 11.6 Å². The molecule has 0 atom stereocenters. The van der Waals surface area contributed by atoms with Gasteiger partial charge >= 0.3 is 0 Å². The van der Waals surface area contributed by atoms with Crippen LogP contribution in [-0.2, 0) is 12.4 Å². The molecular weight excluding hydrogens is 278 g/mol. The first kappa shape index (κ1) is 14.2. The predicted molar refractivity (Wildman–Crippen MR) is 81.6 cm³/mol. The number of aromatic nitrogens is 2. The average molecular weight is 294 g/mol. The summed E-state index contributed by atoms with van der Waals surface area (Å²) in [5, 5.41) is 9.02. The topological polar surface area (TPSA) is 41.6 Å². The molecule has 2 aromatic rings. The number of halogens is 1. The Hall–Kier alpha value is -1.18. The second kappa shape index (κ2) is 5.44. The number of alkyl halides is 1. The van der Waals surface area contributed by atoms with Crippen LogP contribution in [0.25, 0.3) is 11.0 Å². The minimum absolute atomic E-state index is 0.0943. The summed E-state index contributed by atoms with van der Waals surface area (Å²) >= 11 is 7.80. The summed E-state index contributed by atoms with van der Waals surface area (Å²) in [4.78, 5) is 4.54. The van der Waals surface area contributed by atoms with Crippen LogP contribution < -0.4 is 0 Å². The molecule has 0 aliphatic carbocycles. The predicted octanol–water partition coefficient (Wildman–Crippen LogP) is 3.79. The Morgan fingerprint density at radius 3 is 2.79 bits per heavy atom. The first-order chi connectivity index (χ1) is 9.00. The number of rotatable bonds is 4. The lowest BCUT2D eigenvalue weighted by molar-refractivity contribution is 0.566. The van der Waals surface area contributed by atoms with Gasteiger partial charge < -0.3 is 4.57 Å². The quantitative estimate of drug-likeness (QED) is 0.806. The molecule has 0 saturated carbocycles. The molecule has 0 saturated heterocycles. The largest absolute Gasteiger partial charge is 0.326 e. The lowest BCUT2D eigenvalue weighted by Crippen LogP contribution is -2.23. The van der Waals surface area contributed by atoms with Crippen molar-refractivity contribution in [1.29, 1.82) is 5.26 Å². The van der Waals surface area contributed by atoms with E-state index in [-0.39, 0.29) is 4.75 Å². The van der Waals surface area contributed by atoms with Crippen LogP contribution in [0.5, 0.6) is 0 Å². The molecule has 0 unspecified atom stereocenters. The van der Waals surface area contributed by atoms with Gasteiger partial charge in [0.25, 0.3) is 0 Å². The number of hydrogen-bond donors (Lipinski definition) is 0. The minimum atomic E-state index is 0.0943. The SMILES string of the molecule is CSC(C)(C)Cn1c(CCl)nc2ccc(C#N)cc21. The van der Waals surface area contributed by atoms with Crippen molar-refractivity contribution in [2.24, 2.45) is 0 Å². The molecule has 0 spiro atoms. The molecule has 19 heavy (non-hydrogen) atoms. The Kier molecular flexibility index (Phi) is 4.07. The number of benzene rings is 1. The Labute approximate surface area is 122 Å². The zero-order valence-corrected chi connectivity index (χ0v) is 12.8. The lowest BCUT2D eigenvalue weighted by atomic mass is 10.2. The van der Waals surface area contributed by atoms with Crippen molar-refractivity contribution in [1.82, 2.24) is 9.55 Å². The van der Waals surface area contributed by atoms with Crippen molar-refractivity contribution in [2.45, 2.75) is 31.0 Å². The van der Waals surface area contributed by atoms with E-state index < -0.39 is 0 Å². The van der Waals surface area contributed by atoms with E-state index in [1.54, 1.807) is 17.8 Å². The van der Waals surface area contributed by atoms with E-state index in [0.29, 0.717) is 11.4 Å². The Morgan fingerprint density at radius 2 is 2.21 bits per heavy atom. The summed E-state index contributed by atoms with van der Waals surface area (Å²) < 4.78 is 2.22. The van der Waals surface area contributed by atoms with Crippen molar-refractivity contribution in [3.63, 3.8) is 0 Å². The molecule has 1 aromatic heterocycles. The van der Waals surface area contributed by atoms with E-state index in [0.717, 1.165) is 23.4 Å². The maximum absolute atomic E-state index is 9.02. The highest BCUT2D eigenvalue weighted by Gasteiger charge is 2.20. The van der Waals surface area contributed by atoms with E-state index in [1.165, 1.54) is 0 Å². The highest BCUT2D eigenvalue weighted by molar-refractivity contribution is 7.99. The van der Waals surface area contributed by atoms with Crippen molar-refractivity contribution in [2.75, 3.05) is 6.26 Å². The molecule has 0 aliphatic rings. The zero-order chi connectivity index (χ0) is 14.0. The van der Waals surface area contributed by atoms with E-state index in [9.17, 15) is 0 Å². The van der Waals surface area contributed by atoms with Crippen molar-refractivity contribution < 1.29 is 0 Å². The smallest absolute Gasteiger partial charge is 0.124 e. The zero-order valence-electron chi connectivity index (χ0n) is 11.3. The van der Waals surface area contributed by atoms with E-state index >= 15 is 0 Å². The molecule has 0 fully saturated rings. The minimum Gasteiger partial charge on any atom is -0.326 e. The van der Waals surface area contributed by atoms with Gasteiger partial charge in [-0.3, -0.25) is 0 Å². The van der Waals surface area contributed by atoms with Crippen LogP contribution in [0.2, 0.25) is 0 Å². The van der Waals surface area contributed by atoms with Crippen LogP contribution in [0, 0.1) is 11.3 Å². The Balaban J connectivity index is 2.59. The van der Waals surface area contributed by atoms with E-state index in [1.807, 2.05) is 12.1 Å². The maximum atomic E-state index is 9.02. The first-order valence-corrected chi connectivity index (χ1v) is 7.77. The molecule has 0 aliphatic heterocycles. The van der Waals surface area contributed by atoms with Crippen LogP contribution in [0.3, 0.4) is 0 Å². The van der Waals surface area contributed by atoms with Gasteiger partial charge in [0.1, 0.15) is 5.82 Å². The van der Waals surface area contributed by atoms with Crippen molar-refractivity contribution in [3.05, 3.63) is 29.6 Å². The molecule has 5 heteroatoms. The number of nitrogens with zero attached hydrogens (tertiary/aromatic N) is 3. The van der Waals surface area contributed by atoms with Gasteiger partial charge in [-0.1, -0.05) is 0 Å². The molecule has 3 nitrogen and oxygen atoms in total. The third-order valence-corrected chi connectivity index (χ3v) is 4.64. The second-order valence-corrected chi connectivity index (χ2v) is 6.81. The number of hydrogen-bond acceptors (Lipinski definition) is 3. The Bertz CT molecular complexity index is 640. The Morgan fingerprint density at radius 1 is 1.47 bits per heavy atom. The first-order valence-electron chi connectivity index (χ1n) is 6.01. The van der Waals surface area contributed by atoms with Gasteiger partial charge in [0.05, 0.1) is 28.5 Å². The fourth-order valence-corrected chi connectivity index (χ4v) is 2.43. The van der Waals surface area contributed by atoms with Crippen molar-refractivity contribution in [3.8, 4) is 6.07 Å². The van der Waals surface area contributed by atoms with Gasteiger partial charge in [-0.2, -0.15) is 17.0 Å². The molecule has 0 bridgehead atoms. The van der Waals surface area contributed by atoms with Gasteiger partial charge in [0.2, 0.25) is 0 Å². The van der Waals surface area contributed by atoms with Crippen LogP contribution in [0.4, 0.5) is 0 Å². The normalized spacial score (nSPS) is 11.7. The summed E-state index contributed by atoms with van der Waals surface area (Å²) in [5.74, 6) is 1.23. The van der Waals surface area contributed by atoms with Gasteiger partial charge in [-0.05, 0) is 38.3 Å². The molecule has 0 N–H and O–H groups in total. The molecular formula is C14H16ClN3S. The van der Waals surface area contributed by atoms with E-state index in [2.05, 4.69) is 35.7 Å². The van der Waals surface area contributed by atoms with Crippen LogP contribution in [0.1, 0.15) is 25.2 Å². The van der Waals surface area contributed by atoms with Gasteiger partial charge in [-0.25, -0.2) is 4.98 Å². The summed E-state index contributed by atoms with van der Waals surface area (Å²) in [6.07, 6.45) is 2.10. The summed E-state index contributed by atoms with van der Waals surface area (Å²) in [6.45, 7) is 5.20. The molecule has 0 radical (unpaired) electrons. The molecule has 100 valence electrons. The fraction of sp³-hybridized carbons (Fsp3) is 0.429. The van der Waals surface area contributed by atoms with Gasteiger partial charge in [0, 0.05) is 11.3 Å². The van der Waals surface area contributed by atoms with E-state index in [4.69, 9.17) is 16.9 Å². The molecule has 1 heterocycles. The molecule has 1 aromatic carbocycles. The third-order valence-electron chi connectivity index (χ3n) is 3.17. The number of thioether (sulfide) groups is 1. The number of imidazole rings is 1. The second-order valence-electron chi connectivity index (χ2n) is 5.03. The highest BCUT2D eigenvalue weighted by atomic mass is 35.5. The fourth-order valence-electron chi connectivity index (χ4n) is 1.97.